The molecule has 2 unspecified atom stereocenters. The molecule has 0 saturated heterocycles. The van der Waals surface area contributed by atoms with Crippen molar-refractivity contribution < 1.29 is 23.9 Å². The van der Waals surface area contributed by atoms with Crippen molar-refractivity contribution in [3.8, 4) is 0 Å². The van der Waals surface area contributed by atoms with E-state index in [-0.39, 0.29) is 12.4 Å². The molecule has 0 radical (unpaired) electrons. The molecule has 0 aromatic carbocycles. The Kier molecular flexibility index (Phi) is 24.2. The van der Waals surface area contributed by atoms with Gasteiger partial charge in [-0.05, 0) is 12.3 Å². The number of carboxylic acid groups (broad SMARTS) is 1. The molecule has 0 aromatic heterocycles. The molecule has 0 amide bonds. The first-order valence-electron chi connectivity index (χ1n) is 16.3. The summed E-state index contributed by atoms with van der Waals surface area (Å²) in [5, 5.41) is 10.9. The largest absolute Gasteiger partial charge is 0.550 e. The molecule has 0 fully saturated rings. The van der Waals surface area contributed by atoms with E-state index in [0.29, 0.717) is 17.4 Å². The van der Waals surface area contributed by atoms with E-state index in [4.69, 9.17) is 4.74 Å². The minimum Gasteiger partial charge on any atom is -0.550 e. The van der Waals surface area contributed by atoms with E-state index >= 15 is 0 Å². The minimum absolute atomic E-state index is 0.236. The van der Waals surface area contributed by atoms with Gasteiger partial charge in [0.15, 0.2) is 6.10 Å². The van der Waals surface area contributed by atoms with Gasteiger partial charge in [0.05, 0.1) is 21.1 Å². The molecule has 0 N–H and O–H groups in total. The fourth-order valence-electron chi connectivity index (χ4n) is 5.30. The second-order valence-corrected chi connectivity index (χ2v) is 13.0. The molecule has 0 rings (SSSR count). The highest BCUT2D eigenvalue weighted by molar-refractivity contribution is 5.70. The molecule has 5 heteroatoms. The number of ether oxygens (including phenoxy) is 1. The van der Waals surface area contributed by atoms with Crippen molar-refractivity contribution in [1.29, 1.82) is 0 Å². The average molecular weight is 540 g/mol. The number of carboxylic acids is 1. The molecule has 0 heterocycles. The van der Waals surface area contributed by atoms with E-state index < -0.39 is 12.1 Å². The van der Waals surface area contributed by atoms with Crippen LogP contribution >= 0.6 is 0 Å². The summed E-state index contributed by atoms with van der Waals surface area (Å²) in [4.78, 5) is 23.0. The van der Waals surface area contributed by atoms with E-state index in [0.717, 1.165) is 25.2 Å². The standard InChI is InChI=1S/C33H65NO4/c1-6-7-25-30(2)26-23-21-19-17-15-13-11-9-8-10-12-14-16-18-20-22-24-27-33(37)38-31(28-32(35)36)29-34(3,4)5/h30-31H,6-29H2,1-5H3. The van der Waals surface area contributed by atoms with E-state index in [2.05, 4.69) is 13.8 Å². The Labute approximate surface area is 237 Å². The predicted octanol–water partition coefficient (Wildman–Crippen LogP) is 7.98. The van der Waals surface area contributed by atoms with Gasteiger partial charge in [-0.15, -0.1) is 0 Å². The Balaban J connectivity index is 3.42. The number of likely N-dealkylation sites (N-methyl/N-ethyl adjacent to an activating group) is 1. The van der Waals surface area contributed by atoms with Crippen LogP contribution in [-0.4, -0.2) is 50.2 Å². The number of esters is 1. The highest BCUT2D eigenvalue weighted by Gasteiger charge is 2.22. The van der Waals surface area contributed by atoms with Gasteiger partial charge in [-0.3, -0.25) is 4.79 Å². The molecule has 0 bridgehead atoms. The molecular formula is C33H65NO4. The Morgan fingerprint density at radius 1 is 0.658 bits per heavy atom. The van der Waals surface area contributed by atoms with E-state index in [1.165, 1.54) is 116 Å². The third-order valence-corrected chi connectivity index (χ3v) is 7.57. The number of rotatable bonds is 28. The zero-order chi connectivity index (χ0) is 28.5. The van der Waals surface area contributed by atoms with Crippen LogP contribution in [0.2, 0.25) is 0 Å². The maximum Gasteiger partial charge on any atom is 0.306 e. The van der Waals surface area contributed by atoms with Gasteiger partial charge >= 0.3 is 5.97 Å². The molecule has 0 aliphatic rings. The van der Waals surface area contributed by atoms with E-state index in [1.807, 2.05) is 21.1 Å². The van der Waals surface area contributed by atoms with Gasteiger partial charge in [0, 0.05) is 18.8 Å². The van der Waals surface area contributed by atoms with Crippen LogP contribution in [0.4, 0.5) is 0 Å². The summed E-state index contributed by atoms with van der Waals surface area (Å²) in [5.41, 5.74) is 0. The van der Waals surface area contributed by atoms with Gasteiger partial charge in [0.2, 0.25) is 0 Å². The Hall–Kier alpha value is -1.10. The Bertz CT molecular complexity index is 558. The molecule has 0 saturated carbocycles. The molecule has 2 atom stereocenters. The lowest BCUT2D eigenvalue weighted by Crippen LogP contribution is -2.45. The Morgan fingerprint density at radius 3 is 1.45 bits per heavy atom. The number of nitrogens with zero attached hydrogens (tertiary/aromatic N) is 1. The normalized spacial score (nSPS) is 13.4. The van der Waals surface area contributed by atoms with Crippen LogP contribution in [0.3, 0.4) is 0 Å². The topological polar surface area (TPSA) is 66.4 Å². The van der Waals surface area contributed by atoms with Crippen molar-refractivity contribution in [3.05, 3.63) is 0 Å². The SMILES string of the molecule is CCCCC(C)CCCCCCCCCCCCCCCCCCCC(=O)OC(CC(=O)[O-])C[N+](C)(C)C. The number of aliphatic carboxylic acids is 1. The highest BCUT2D eigenvalue weighted by atomic mass is 16.5. The number of carbonyl (C=O) groups is 2. The average Bonchev–Trinajstić information content (AvgIpc) is 2.82. The number of unbranched alkanes of at least 4 members (excludes halogenated alkanes) is 17. The first kappa shape index (κ1) is 36.9. The number of quaternary nitrogens is 1. The molecule has 0 spiro atoms. The van der Waals surface area contributed by atoms with Crippen molar-refractivity contribution in [2.24, 2.45) is 5.92 Å². The molecular weight excluding hydrogens is 474 g/mol. The summed E-state index contributed by atoms with van der Waals surface area (Å²) in [7, 11) is 5.86. The van der Waals surface area contributed by atoms with Crippen molar-refractivity contribution in [3.63, 3.8) is 0 Å². The van der Waals surface area contributed by atoms with E-state index in [9.17, 15) is 14.7 Å². The number of hydrogen-bond donors (Lipinski definition) is 0. The molecule has 226 valence electrons. The lowest BCUT2D eigenvalue weighted by Gasteiger charge is -2.29. The summed E-state index contributed by atoms with van der Waals surface area (Å²) in [6, 6.07) is 0. The fourth-order valence-corrected chi connectivity index (χ4v) is 5.30. The smallest absolute Gasteiger partial charge is 0.306 e. The minimum atomic E-state index is -1.17. The highest BCUT2D eigenvalue weighted by Crippen LogP contribution is 2.18. The van der Waals surface area contributed by atoms with Crippen LogP contribution in [0, 0.1) is 5.92 Å². The monoisotopic (exact) mass is 539 g/mol. The van der Waals surface area contributed by atoms with Crippen LogP contribution in [0.25, 0.3) is 0 Å². The van der Waals surface area contributed by atoms with Crippen molar-refractivity contribution in [2.45, 2.75) is 168 Å². The van der Waals surface area contributed by atoms with Gasteiger partial charge in [-0.1, -0.05) is 142 Å². The quantitative estimate of drug-likeness (QED) is 0.0574. The van der Waals surface area contributed by atoms with Crippen molar-refractivity contribution in [2.75, 3.05) is 27.7 Å². The zero-order valence-electron chi connectivity index (χ0n) is 26.2. The maximum atomic E-state index is 12.1. The molecule has 0 aliphatic carbocycles. The van der Waals surface area contributed by atoms with E-state index in [1.54, 1.807) is 0 Å². The predicted molar refractivity (Wildman–Crippen MR) is 159 cm³/mol. The summed E-state index contributed by atoms with van der Waals surface area (Å²) in [6.07, 6.45) is 27.5. The fraction of sp³-hybridized carbons (Fsp3) is 0.939. The second kappa shape index (κ2) is 24.9. The molecule has 0 aromatic rings. The van der Waals surface area contributed by atoms with Crippen LogP contribution in [0.5, 0.6) is 0 Å². The number of carbonyl (C=O) groups excluding carboxylic acids is 2. The molecule has 38 heavy (non-hydrogen) atoms. The van der Waals surface area contributed by atoms with Crippen LogP contribution in [-0.2, 0) is 14.3 Å². The van der Waals surface area contributed by atoms with Crippen LogP contribution in [0.15, 0.2) is 0 Å². The lowest BCUT2D eigenvalue weighted by molar-refractivity contribution is -0.873. The van der Waals surface area contributed by atoms with Gasteiger partial charge in [0.1, 0.15) is 6.54 Å². The molecule has 0 aliphatic heterocycles. The van der Waals surface area contributed by atoms with Gasteiger partial charge in [-0.25, -0.2) is 0 Å². The third-order valence-electron chi connectivity index (χ3n) is 7.57. The summed E-state index contributed by atoms with van der Waals surface area (Å²) >= 11 is 0. The van der Waals surface area contributed by atoms with Crippen LogP contribution in [0.1, 0.15) is 162 Å². The Morgan fingerprint density at radius 2 is 1.05 bits per heavy atom. The first-order chi connectivity index (χ1) is 18.1. The van der Waals surface area contributed by atoms with Crippen molar-refractivity contribution in [1.82, 2.24) is 0 Å². The van der Waals surface area contributed by atoms with Crippen LogP contribution < -0.4 is 5.11 Å². The lowest BCUT2D eigenvalue weighted by atomic mass is 9.97. The van der Waals surface area contributed by atoms with Gasteiger partial charge in [0.25, 0.3) is 0 Å². The first-order valence-corrected chi connectivity index (χ1v) is 16.3. The summed E-state index contributed by atoms with van der Waals surface area (Å²) in [5.74, 6) is -0.524. The summed E-state index contributed by atoms with van der Waals surface area (Å²) < 4.78 is 5.96. The number of hydrogen-bond acceptors (Lipinski definition) is 4. The molecule has 5 nitrogen and oxygen atoms in total. The maximum absolute atomic E-state index is 12.1. The van der Waals surface area contributed by atoms with Crippen molar-refractivity contribution >= 4 is 11.9 Å². The summed E-state index contributed by atoms with van der Waals surface area (Å²) in [6.45, 7) is 5.19. The van der Waals surface area contributed by atoms with Gasteiger partial charge < -0.3 is 19.1 Å². The second-order valence-electron chi connectivity index (χ2n) is 13.0. The van der Waals surface area contributed by atoms with Gasteiger partial charge in [-0.2, -0.15) is 0 Å². The third kappa shape index (κ3) is 27.9. The zero-order valence-corrected chi connectivity index (χ0v) is 26.2.